The van der Waals surface area contributed by atoms with Gasteiger partial charge >= 0.3 is 0 Å². The summed E-state index contributed by atoms with van der Waals surface area (Å²) in [6.45, 7) is 0. The van der Waals surface area contributed by atoms with Crippen LogP contribution in [0, 0.1) is 5.82 Å². The van der Waals surface area contributed by atoms with E-state index >= 15 is 0 Å². The topological polar surface area (TPSA) is 126 Å². The number of hydrogen-bond donors (Lipinski definition) is 4. The van der Waals surface area contributed by atoms with Gasteiger partial charge in [-0.15, -0.1) is 0 Å². The van der Waals surface area contributed by atoms with E-state index < -0.39 is 23.4 Å². The molecule has 10 nitrogen and oxygen atoms in total. The van der Waals surface area contributed by atoms with Gasteiger partial charge in [0.05, 0.1) is 24.0 Å². The molecule has 11 heteroatoms. The van der Waals surface area contributed by atoms with Crippen molar-refractivity contribution in [3.05, 3.63) is 76.6 Å². The number of aliphatic hydroxyl groups is 1. The van der Waals surface area contributed by atoms with Crippen LogP contribution in [0.15, 0.2) is 59.7 Å². The van der Waals surface area contributed by atoms with Gasteiger partial charge in [-0.25, -0.2) is 9.37 Å². The third kappa shape index (κ3) is 3.86. The maximum Gasteiger partial charge on any atom is 0.278 e. The number of fused-ring (bicyclic) bond motifs is 1. The van der Waals surface area contributed by atoms with E-state index in [2.05, 4.69) is 26.0 Å². The molecule has 0 bridgehead atoms. The molecule has 1 aliphatic rings. The van der Waals surface area contributed by atoms with Crippen LogP contribution in [0.1, 0.15) is 23.2 Å². The molecule has 3 heterocycles. The Bertz CT molecular complexity index is 1450. The van der Waals surface area contributed by atoms with E-state index in [9.17, 15) is 19.1 Å². The molecule has 0 aliphatic heterocycles. The maximum absolute atomic E-state index is 13.7. The van der Waals surface area contributed by atoms with Gasteiger partial charge in [-0.3, -0.25) is 14.2 Å². The molecule has 5 rings (SSSR count). The number of benzene rings is 1. The number of aromatic nitrogens is 4. The first kappa shape index (κ1) is 21.6. The van der Waals surface area contributed by atoms with Crippen molar-refractivity contribution in [1.29, 1.82) is 0 Å². The van der Waals surface area contributed by atoms with Crippen LogP contribution in [0.25, 0.3) is 11.3 Å². The molecule has 1 fully saturated rings. The summed E-state index contributed by atoms with van der Waals surface area (Å²) in [5.41, 5.74) is 0.729. The van der Waals surface area contributed by atoms with Crippen molar-refractivity contribution in [3.63, 3.8) is 0 Å². The highest BCUT2D eigenvalue weighted by atomic mass is 19.1. The number of rotatable bonds is 6. The van der Waals surface area contributed by atoms with Gasteiger partial charge in [-0.1, -0.05) is 6.07 Å². The number of anilines is 3. The van der Waals surface area contributed by atoms with Gasteiger partial charge in [0.2, 0.25) is 0 Å². The summed E-state index contributed by atoms with van der Waals surface area (Å²) in [7, 11) is 1.70. The molecule has 4 N–H and O–H groups in total. The second kappa shape index (κ2) is 8.60. The largest absolute Gasteiger partial charge is 0.391 e. The summed E-state index contributed by atoms with van der Waals surface area (Å²) < 4.78 is 16.5. The molecule has 34 heavy (non-hydrogen) atoms. The number of aliphatic hydroxyl groups excluding tert-OH is 1. The van der Waals surface area contributed by atoms with E-state index in [1.54, 1.807) is 37.5 Å². The fourth-order valence-corrected chi connectivity index (χ4v) is 3.82. The molecule has 0 saturated heterocycles. The Balaban J connectivity index is 1.50. The van der Waals surface area contributed by atoms with Crippen molar-refractivity contribution in [2.45, 2.75) is 25.0 Å². The Labute approximate surface area is 193 Å². The van der Waals surface area contributed by atoms with E-state index in [0.29, 0.717) is 30.2 Å². The first-order valence-corrected chi connectivity index (χ1v) is 10.7. The number of amides is 1. The Kier molecular flexibility index (Phi) is 5.46. The lowest BCUT2D eigenvalue weighted by Gasteiger charge is -2.32. The Morgan fingerprint density at radius 3 is 2.76 bits per heavy atom. The highest BCUT2D eigenvalue weighted by Crippen LogP contribution is 2.23. The second-order valence-corrected chi connectivity index (χ2v) is 8.00. The number of nitrogens with zero attached hydrogens (tertiary/aromatic N) is 4. The van der Waals surface area contributed by atoms with Crippen molar-refractivity contribution >= 4 is 28.9 Å². The van der Waals surface area contributed by atoms with Crippen molar-refractivity contribution in [3.8, 4) is 5.69 Å². The third-order valence-corrected chi connectivity index (χ3v) is 5.82. The molecule has 0 radical (unpaired) electrons. The predicted octanol–water partition coefficient (Wildman–Crippen LogP) is 2.06. The molecule has 0 spiro atoms. The van der Waals surface area contributed by atoms with Crippen LogP contribution in [-0.2, 0) is 0 Å². The number of halogens is 1. The van der Waals surface area contributed by atoms with Gasteiger partial charge in [0.15, 0.2) is 5.65 Å². The van der Waals surface area contributed by atoms with Gasteiger partial charge < -0.3 is 21.1 Å². The van der Waals surface area contributed by atoms with Crippen LogP contribution in [-0.4, -0.2) is 49.4 Å². The van der Waals surface area contributed by atoms with E-state index in [1.165, 1.54) is 33.5 Å². The number of hydrogen-bond acceptors (Lipinski definition) is 7. The van der Waals surface area contributed by atoms with Crippen LogP contribution >= 0.6 is 0 Å². The smallest absolute Gasteiger partial charge is 0.278 e. The van der Waals surface area contributed by atoms with Crippen LogP contribution in [0.5, 0.6) is 0 Å². The standard InChI is InChI=1S/C23H22FN7O3/c1-25-20-11-19(27-17-6-3-9-30(23(17)34)14-5-2-4-13(24)10-14)29-21-15(12-26-31(20)21)22(33)28-16-7-8-18(16)32/h2-6,9-12,16,18,25,32H,7-8H2,1H3,(H,27,29)(H,28,33)/t16-,18-/m1/s1. The van der Waals surface area contributed by atoms with E-state index in [0.717, 1.165) is 0 Å². The quantitative estimate of drug-likeness (QED) is 0.345. The fourth-order valence-electron chi connectivity index (χ4n) is 3.82. The van der Waals surface area contributed by atoms with Crippen LogP contribution in [0.2, 0.25) is 0 Å². The third-order valence-electron chi connectivity index (χ3n) is 5.82. The van der Waals surface area contributed by atoms with Crippen LogP contribution in [0.3, 0.4) is 0 Å². The van der Waals surface area contributed by atoms with Crippen molar-refractivity contribution in [2.24, 2.45) is 0 Å². The molecule has 174 valence electrons. The molecule has 1 aromatic carbocycles. The average Bonchev–Trinajstić information content (AvgIpc) is 3.26. The summed E-state index contributed by atoms with van der Waals surface area (Å²) in [6, 6.07) is 10.3. The van der Waals surface area contributed by atoms with Gasteiger partial charge in [0, 0.05) is 19.3 Å². The zero-order valence-electron chi connectivity index (χ0n) is 18.2. The minimum atomic E-state index is -0.554. The first-order valence-electron chi connectivity index (χ1n) is 10.7. The zero-order chi connectivity index (χ0) is 23.8. The number of pyridine rings is 1. The summed E-state index contributed by atoms with van der Waals surface area (Å²) in [5, 5.41) is 22.8. The lowest BCUT2D eigenvalue weighted by atomic mass is 9.89. The second-order valence-electron chi connectivity index (χ2n) is 8.00. The fraction of sp³-hybridized carbons (Fsp3) is 0.217. The molecule has 4 aromatic rings. The molecule has 1 saturated carbocycles. The first-order chi connectivity index (χ1) is 16.4. The normalized spacial score (nSPS) is 17.3. The number of carbonyl (C=O) groups excluding carboxylic acids is 1. The average molecular weight is 463 g/mol. The van der Waals surface area contributed by atoms with E-state index in [1.807, 2.05) is 0 Å². The molecule has 2 atom stereocenters. The monoisotopic (exact) mass is 463 g/mol. The van der Waals surface area contributed by atoms with Crippen molar-refractivity contribution in [2.75, 3.05) is 17.7 Å². The predicted molar refractivity (Wildman–Crippen MR) is 124 cm³/mol. The van der Waals surface area contributed by atoms with Gasteiger partial charge in [-0.2, -0.15) is 9.61 Å². The minimum absolute atomic E-state index is 0.216. The van der Waals surface area contributed by atoms with Crippen molar-refractivity contribution < 1.29 is 14.3 Å². The maximum atomic E-state index is 13.7. The minimum Gasteiger partial charge on any atom is -0.391 e. The van der Waals surface area contributed by atoms with Gasteiger partial charge in [0.25, 0.3) is 11.5 Å². The molecule has 0 unspecified atom stereocenters. The molecule has 3 aromatic heterocycles. The van der Waals surface area contributed by atoms with Crippen LogP contribution in [0.4, 0.5) is 21.7 Å². The zero-order valence-corrected chi connectivity index (χ0v) is 18.2. The summed E-state index contributed by atoms with van der Waals surface area (Å²) in [4.78, 5) is 30.3. The Morgan fingerprint density at radius 2 is 2.06 bits per heavy atom. The number of nitrogens with one attached hydrogen (secondary N) is 3. The summed E-state index contributed by atoms with van der Waals surface area (Å²) in [6.07, 6.45) is 3.76. The molecular weight excluding hydrogens is 441 g/mol. The molecule has 1 aliphatic carbocycles. The Morgan fingerprint density at radius 1 is 1.21 bits per heavy atom. The molecule has 1 amide bonds. The lowest BCUT2D eigenvalue weighted by Crippen LogP contribution is -2.50. The van der Waals surface area contributed by atoms with Crippen LogP contribution < -0.4 is 21.5 Å². The summed E-state index contributed by atoms with van der Waals surface area (Å²) >= 11 is 0. The SMILES string of the molecule is CNc1cc(Nc2cccn(-c3cccc(F)c3)c2=O)nc2c(C(=O)N[C@@H]3CC[C@H]3O)cnn12. The highest BCUT2D eigenvalue weighted by molar-refractivity contribution is 6.00. The Hall–Kier alpha value is -4.25. The lowest BCUT2D eigenvalue weighted by molar-refractivity contribution is 0.0448. The molecular formula is C23H22FN7O3. The van der Waals surface area contributed by atoms with Crippen molar-refractivity contribution in [1.82, 2.24) is 24.5 Å². The van der Waals surface area contributed by atoms with E-state index in [-0.39, 0.29) is 22.9 Å². The van der Waals surface area contributed by atoms with Gasteiger partial charge in [-0.05, 0) is 43.2 Å². The van der Waals surface area contributed by atoms with E-state index in [4.69, 9.17) is 0 Å². The number of carbonyl (C=O) groups is 1. The highest BCUT2D eigenvalue weighted by Gasteiger charge is 2.31. The summed E-state index contributed by atoms with van der Waals surface area (Å²) in [5.74, 6) is 0.00825. The van der Waals surface area contributed by atoms with Gasteiger partial charge in [0.1, 0.15) is 28.7 Å².